The van der Waals surface area contributed by atoms with E-state index in [1.165, 1.54) is 12.1 Å². The van der Waals surface area contributed by atoms with Gasteiger partial charge >= 0.3 is 0 Å². The van der Waals surface area contributed by atoms with E-state index in [2.05, 4.69) is 12.8 Å². The van der Waals surface area contributed by atoms with Crippen molar-refractivity contribution in [3.63, 3.8) is 0 Å². The molecule has 0 spiro atoms. The van der Waals surface area contributed by atoms with Gasteiger partial charge in [-0.2, -0.15) is 0 Å². The van der Waals surface area contributed by atoms with Gasteiger partial charge in [0.25, 0.3) is 0 Å². The number of hydrogen-bond donors (Lipinski definition) is 1. The predicted octanol–water partition coefficient (Wildman–Crippen LogP) is 2.50. The highest BCUT2D eigenvalue weighted by molar-refractivity contribution is 7.81. The Morgan fingerprint density at radius 2 is 1.91 bits per heavy atom. The molecule has 0 saturated heterocycles. The molecule has 1 aromatic carbocycles. The van der Waals surface area contributed by atoms with E-state index in [1.807, 2.05) is 6.92 Å². The molecule has 0 fully saturated rings. The van der Waals surface area contributed by atoms with Crippen LogP contribution in [-0.4, -0.2) is 6.54 Å². The fourth-order valence-corrected chi connectivity index (χ4v) is 0.929. The third kappa shape index (κ3) is 2.12. The van der Waals surface area contributed by atoms with Gasteiger partial charge in [-0.25, -0.2) is 4.39 Å². The molecule has 0 heterocycles. The van der Waals surface area contributed by atoms with Crippen molar-refractivity contribution in [2.75, 3.05) is 10.8 Å². The molecule has 0 bridgehead atoms. The van der Waals surface area contributed by atoms with Crippen molar-refractivity contribution in [2.24, 2.45) is 0 Å². The maximum atomic E-state index is 12.4. The predicted molar refractivity (Wildman–Crippen MR) is 48.4 cm³/mol. The van der Waals surface area contributed by atoms with Crippen molar-refractivity contribution in [3.05, 3.63) is 30.1 Å². The highest BCUT2D eigenvalue weighted by Gasteiger charge is 1.97. The van der Waals surface area contributed by atoms with Crippen molar-refractivity contribution in [1.82, 2.24) is 0 Å². The summed E-state index contributed by atoms with van der Waals surface area (Å²) < 4.78 is 14.2. The van der Waals surface area contributed by atoms with E-state index >= 15 is 0 Å². The van der Waals surface area contributed by atoms with Gasteiger partial charge in [-0.05, 0) is 31.2 Å². The Balaban J connectivity index is 2.81. The first-order chi connectivity index (χ1) is 5.24. The van der Waals surface area contributed by atoms with Crippen molar-refractivity contribution in [3.8, 4) is 0 Å². The zero-order valence-corrected chi connectivity index (χ0v) is 7.18. The van der Waals surface area contributed by atoms with Crippen molar-refractivity contribution >= 4 is 18.5 Å². The summed E-state index contributed by atoms with van der Waals surface area (Å²) in [7, 11) is 0. The largest absolute Gasteiger partial charge is 0.319 e. The van der Waals surface area contributed by atoms with Gasteiger partial charge < -0.3 is 4.31 Å². The molecule has 0 aliphatic rings. The molecule has 0 atom stereocenters. The molecular formula is C8H10FNS. The molecule has 3 heteroatoms. The van der Waals surface area contributed by atoms with Gasteiger partial charge in [0.2, 0.25) is 0 Å². The van der Waals surface area contributed by atoms with E-state index in [4.69, 9.17) is 0 Å². The molecule has 1 nitrogen and oxygen atoms in total. The van der Waals surface area contributed by atoms with Crippen LogP contribution < -0.4 is 4.31 Å². The first kappa shape index (κ1) is 8.40. The topological polar surface area (TPSA) is 3.24 Å². The van der Waals surface area contributed by atoms with Crippen LogP contribution in [0.4, 0.5) is 10.1 Å². The van der Waals surface area contributed by atoms with Gasteiger partial charge in [0.05, 0.1) is 0 Å². The molecule has 1 aromatic rings. The molecule has 0 aliphatic carbocycles. The summed E-state index contributed by atoms with van der Waals surface area (Å²) in [5.74, 6) is -0.216. The van der Waals surface area contributed by atoms with Gasteiger partial charge in [0, 0.05) is 12.2 Å². The smallest absolute Gasteiger partial charge is 0.123 e. The summed E-state index contributed by atoms with van der Waals surface area (Å²) in [6, 6.07) is 6.25. The first-order valence-corrected chi connectivity index (χ1v) is 3.86. The Labute approximate surface area is 71.4 Å². The average Bonchev–Trinajstić information content (AvgIpc) is 2.05. The number of benzene rings is 1. The molecule has 11 heavy (non-hydrogen) atoms. The molecule has 60 valence electrons. The van der Waals surface area contributed by atoms with Crippen molar-refractivity contribution < 1.29 is 4.39 Å². The quantitative estimate of drug-likeness (QED) is 0.669. The Morgan fingerprint density at radius 3 is 2.36 bits per heavy atom. The van der Waals surface area contributed by atoms with Crippen LogP contribution in [-0.2, 0) is 0 Å². The van der Waals surface area contributed by atoms with E-state index in [0.29, 0.717) is 0 Å². The Morgan fingerprint density at radius 1 is 1.36 bits per heavy atom. The molecule has 0 aliphatic heterocycles. The lowest BCUT2D eigenvalue weighted by atomic mass is 10.3. The highest BCUT2D eigenvalue weighted by Crippen LogP contribution is 2.15. The van der Waals surface area contributed by atoms with Gasteiger partial charge in [0.1, 0.15) is 5.82 Å². The molecule has 0 saturated carbocycles. The fraction of sp³-hybridized carbons (Fsp3) is 0.250. The van der Waals surface area contributed by atoms with Crippen LogP contribution in [0.3, 0.4) is 0 Å². The molecule has 0 N–H and O–H groups in total. The monoisotopic (exact) mass is 171 g/mol. The normalized spacial score (nSPS) is 9.73. The van der Waals surface area contributed by atoms with Crippen LogP contribution in [0.2, 0.25) is 0 Å². The third-order valence-corrected chi connectivity index (χ3v) is 1.94. The highest BCUT2D eigenvalue weighted by atomic mass is 32.1. The van der Waals surface area contributed by atoms with Gasteiger partial charge in [-0.1, -0.05) is 12.8 Å². The number of nitrogens with zero attached hydrogens (tertiary/aromatic N) is 1. The zero-order valence-electron chi connectivity index (χ0n) is 6.29. The molecular weight excluding hydrogens is 161 g/mol. The van der Waals surface area contributed by atoms with Crippen LogP contribution in [0.5, 0.6) is 0 Å². The van der Waals surface area contributed by atoms with Crippen molar-refractivity contribution in [1.29, 1.82) is 0 Å². The SMILES string of the molecule is CCN(S)c1ccc(F)cc1. The van der Waals surface area contributed by atoms with E-state index < -0.39 is 0 Å². The number of halogens is 1. The second-order valence-corrected chi connectivity index (χ2v) is 2.68. The number of hydrogen-bond acceptors (Lipinski definition) is 2. The van der Waals surface area contributed by atoms with Gasteiger partial charge in [-0.3, -0.25) is 0 Å². The summed E-state index contributed by atoms with van der Waals surface area (Å²) in [5.41, 5.74) is 0.914. The summed E-state index contributed by atoms with van der Waals surface area (Å²) in [5, 5.41) is 0. The number of rotatable bonds is 2. The summed E-state index contributed by atoms with van der Waals surface area (Å²) in [6.45, 7) is 2.78. The van der Waals surface area contributed by atoms with E-state index in [1.54, 1.807) is 16.4 Å². The van der Waals surface area contributed by atoms with Crippen LogP contribution >= 0.6 is 12.8 Å². The zero-order chi connectivity index (χ0) is 8.27. The Hall–Kier alpha value is -0.700. The number of thiol groups is 1. The summed E-state index contributed by atoms with van der Waals surface area (Å²) in [6.07, 6.45) is 0. The summed E-state index contributed by atoms with van der Waals surface area (Å²) >= 11 is 4.16. The van der Waals surface area contributed by atoms with Crippen LogP contribution in [0.1, 0.15) is 6.92 Å². The summed E-state index contributed by atoms with van der Waals surface area (Å²) in [4.78, 5) is 0. The molecule has 1 rings (SSSR count). The van der Waals surface area contributed by atoms with Gasteiger partial charge in [0.15, 0.2) is 0 Å². The lowest BCUT2D eigenvalue weighted by Crippen LogP contribution is -2.08. The first-order valence-electron chi connectivity index (χ1n) is 3.46. The number of anilines is 1. The minimum absolute atomic E-state index is 0.216. The molecule has 0 aromatic heterocycles. The van der Waals surface area contributed by atoms with E-state index in [9.17, 15) is 4.39 Å². The lowest BCUT2D eigenvalue weighted by Gasteiger charge is -2.13. The molecule has 0 radical (unpaired) electrons. The van der Waals surface area contributed by atoms with Crippen LogP contribution in [0.15, 0.2) is 24.3 Å². The molecule has 0 unspecified atom stereocenters. The minimum Gasteiger partial charge on any atom is -0.319 e. The standard InChI is InChI=1S/C8H10FNS/c1-2-10(11)8-5-3-7(9)4-6-8/h3-6,11H,2H2,1H3. The second-order valence-electron chi connectivity index (χ2n) is 2.19. The fourth-order valence-electron chi connectivity index (χ4n) is 0.796. The second kappa shape index (κ2) is 3.62. The third-order valence-electron chi connectivity index (χ3n) is 1.42. The van der Waals surface area contributed by atoms with Crippen molar-refractivity contribution in [2.45, 2.75) is 6.92 Å². The maximum absolute atomic E-state index is 12.4. The van der Waals surface area contributed by atoms with E-state index in [-0.39, 0.29) is 5.82 Å². The van der Waals surface area contributed by atoms with Crippen LogP contribution in [0.25, 0.3) is 0 Å². The lowest BCUT2D eigenvalue weighted by molar-refractivity contribution is 0.628. The maximum Gasteiger partial charge on any atom is 0.123 e. The minimum atomic E-state index is -0.216. The molecule has 0 amide bonds. The van der Waals surface area contributed by atoms with Gasteiger partial charge in [-0.15, -0.1) is 0 Å². The average molecular weight is 171 g/mol. The van der Waals surface area contributed by atoms with Crippen LogP contribution in [0, 0.1) is 5.82 Å². The Bertz CT molecular complexity index is 222. The Kier molecular flexibility index (Phi) is 2.76. The van der Waals surface area contributed by atoms with E-state index in [0.717, 1.165) is 12.2 Å².